The van der Waals surface area contributed by atoms with Gasteiger partial charge in [0.05, 0.1) is 0 Å². The van der Waals surface area contributed by atoms with Gasteiger partial charge in [-0.1, -0.05) is 6.42 Å². The van der Waals surface area contributed by atoms with Gasteiger partial charge in [0.2, 0.25) is 0 Å². The molecule has 1 atom stereocenters. The molecule has 1 aromatic rings. The lowest BCUT2D eigenvalue weighted by Gasteiger charge is -2.23. The van der Waals surface area contributed by atoms with E-state index in [9.17, 15) is 8.78 Å². The zero-order valence-corrected chi connectivity index (χ0v) is 10.5. The van der Waals surface area contributed by atoms with E-state index in [2.05, 4.69) is 5.32 Å². The molecule has 0 spiro atoms. The molecule has 0 radical (unpaired) electrons. The highest BCUT2D eigenvalue weighted by molar-refractivity contribution is 7.99. The average Bonchev–Trinajstić information content (AvgIpc) is 2.35. The van der Waals surface area contributed by atoms with Crippen LogP contribution in [0.1, 0.15) is 25.7 Å². The number of halogens is 2. The zero-order chi connectivity index (χ0) is 12.1. The number of nitrogens with one attached hydrogen (secondary N) is 1. The number of piperidine rings is 1. The number of hydrogen-bond donors (Lipinski definition) is 1. The minimum Gasteiger partial charge on any atom is -0.314 e. The Morgan fingerprint density at radius 1 is 1.29 bits per heavy atom. The van der Waals surface area contributed by atoms with E-state index in [4.69, 9.17) is 0 Å². The second kappa shape index (κ2) is 6.36. The monoisotopic (exact) mass is 257 g/mol. The number of hydrogen-bond acceptors (Lipinski definition) is 2. The van der Waals surface area contributed by atoms with E-state index in [0.29, 0.717) is 10.9 Å². The van der Waals surface area contributed by atoms with Crippen LogP contribution in [0.3, 0.4) is 0 Å². The summed E-state index contributed by atoms with van der Waals surface area (Å²) in [6.07, 6.45) is 4.74. The lowest BCUT2D eigenvalue weighted by Crippen LogP contribution is -2.34. The van der Waals surface area contributed by atoms with Crippen LogP contribution in [0, 0.1) is 11.6 Å². The minimum atomic E-state index is -0.371. The van der Waals surface area contributed by atoms with Gasteiger partial charge >= 0.3 is 0 Å². The lowest BCUT2D eigenvalue weighted by molar-refractivity contribution is 0.394. The summed E-state index contributed by atoms with van der Waals surface area (Å²) in [5, 5.41) is 3.45. The van der Waals surface area contributed by atoms with Gasteiger partial charge in [-0.3, -0.25) is 0 Å². The van der Waals surface area contributed by atoms with Crippen molar-refractivity contribution >= 4 is 11.8 Å². The van der Waals surface area contributed by atoms with Crippen LogP contribution >= 0.6 is 11.8 Å². The van der Waals surface area contributed by atoms with Gasteiger partial charge < -0.3 is 5.32 Å². The van der Waals surface area contributed by atoms with Crippen LogP contribution in [0.4, 0.5) is 8.78 Å². The lowest BCUT2D eigenvalue weighted by atomic mass is 10.0. The fourth-order valence-corrected chi connectivity index (χ4v) is 3.09. The van der Waals surface area contributed by atoms with Crippen LogP contribution in [0.15, 0.2) is 23.1 Å². The molecule has 1 nitrogen and oxygen atoms in total. The first-order valence-electron chi connectivity index (χ1n) is 6.07. The van der Waals surface area contributed by atoms with Crippen molar-refractivity contribution in [1.29, 1.82) is 0 Å². The van der Waals surface area contributed by atoms with Crippen molar-refractivity contribution < 1.29 is 8.78 Å². The fourth-order valence-electron chi connectivity index (χ4n) is 2.07. The molecule has 4 heteroatoms. The van der Waals surface area contributed by atoms with E-state index in [-0.39, 0.29) is 11.6 Å². The summed E-state index contributed by atoms with van der Waals surface area (Å²) < 4.78 is 26.3. The predicted molar refractivity (Wildman–Crippen MR) is 67.3 cm³/mol. The summed E-state index contributed by atoms with van der Waals surface area (Å²) in [5.74, 6) is 0.135. The molecule has 0 aromatic heterocycles. The van der Waals surface area contributed by atoms with Gasteiger partial charge in [0.15, 0.2) is 0 Å². The third kappa shape index (κ3) is 3.96. The molecule has 94 valence electrons. The van der Waals surface area contributed by atoms with Crippen molar-refractivity contribution in [2.45, 2.75) is 36.6 Å². The summed E-state index contributed by atoms with van der Waals surface area (Å²) in [4.78, 5) is 0.417. The van der Waals surface area contributed by atoms with E-state index < -0.39 is 0 Å². The quantitative estimate of drug-likeness (QED) is 0.827. The van der Waals surface area contributed by atoms with Crippen LogP contribution in [0.5, 0.6) is 0 Å². The molecule has 1 fully saturated rings. The second-order valence-corrected chi connectivity index (χ2v) is 5.50. The van der Waals surface area contributed by atoms with Gasteiger partial charge in [0.1, 0.15) is 11.6 Å². The first-order chi connectivity index (χ1) is 8.25. The van der Waals surface area contributed by atoms with Crippen molar-refractivity contribution in [2.24, 2.45) is 0 Å². The fraction of sp³-hybridized carbons (Fsp3) is 0.538. The summed E-state index contributed by atoms with van der Waals surface area (Å²) in [6, 6.07) is 4.17. The third-order valence-corrected chi connectivity index (χ3v) is 4.09. The normalized spacial score (nSPS) is 20.5. The molecule has 0 aliphatic carbocycles. The largest absolute Gasteiger partial charge is 0.314 e. The molecule has 0 saturated carbocycles. The molecular weight excluding hydrogens is 240 g/mol. The molecule has 1 aliphatic heterocycles. The van der Waals surface area contributed by atoms with Gasteiger partial charge in [0, 0.05) is 10.9 Å². The Balaban J connectivity index is 1.79. The Kier molecular flexibility index (Phi) is 4.80. The van der Waals surface area contributed by atoms with E-state index in [1.807, 2.05) is 0 Å². The predicted octanol–water partition coefficient (Wildman–Crippen LogP) is 3.59. The standard InChI is InChI=1S/C13H17F2NS/c14-10-4-5-12(15)13(9-10)17-8-6-11-3-1-2-7-16-11/h4-5,9,11,16H,1-3,6-8H2. The molecule has 1 heterocycles. The molecule has 0 bridgehead atoms. The average molecular weight is 257 g/mol. The van der Waals surface area contributed by atoms with E-state index >= 15 is 0 Å². The Morgan fingerprint density at radius 2 is 2.18 bits per heavy atom. The SMILES string of the molecule is Fc1ccc(F)c(SCCC2CCCCN2)c1. The highest BCUT2D eigenvalue weighted by atomic mass is 32.2. The summed E-state index contributed by atoms with van der Waals surface area (Å²) >= 11 is 1.40. The maximum absolute atomic E-state index is 13.3. The molecule has 1 aromatic carbocycles. The van der Waals surface area contributed by atoms with Gasteiger partial charge in [-0.25, -0.2) is 8.78 Å². The number of rotatable bonds is 4. The summed E-state index contributed by atoms with van der Waals surface area (Å²) in [7, 11) is 0. The van der Waals surface area contributed by atoms with Crippen molar-refractivity contribution in [2.75, 3.05) is 12.3 Å². The maximum Gasteiger partial charge on any atom is 0.136 e. The molecule has 1 N–H and O–H groups in total. The smallest absolute Gasteiger partial charge is 0.136 e. The van der Waals surface area contributed by atoms with E-state index in [1.165, 1.54) is 43.2 Å². The Morgan fingerprint density at radius 3 is 2.94 bits per heavy atom. The molecule has 0 amide bonds. The van der Waals surface area contributed by atoms with Crippen LogP contribution in [0.2, 0.25) is 0 Å². The van der Waals surface area contributed by atoms with E-state index in [0.717, 1.165) is 24.8 Å². The molecular formula is C13H17F2NS. The highest BCUT2D eigenvalue weighted by Gasteiger charge is 2.12. The summed E-state index contributed by atoms with van der Waals surface area (Å²) in [5.41, 5.74) is 0. The van der Waals surface area contributed by atoms with Crippen molar-refractivity contribution in [3.05, 3.63) is 29.8 Å². The van der Waals surface area contributed by atoms with Crippen molar-refractivity contribution in [1.82, 2.24) is 5.32 Å². The third-order valence-electron chi connectivity index (χ3n) is 3.03. The molecule has 1 saturated heterocycles. The topological polar surface area (TPSA) is 12.0 Å². The van der Waals surface area contributed by atoms with E-state index in [1.54, 1.807) is 0 Å². The number of benzene rings is 1. The molecule has 17 heavy (non-hydrogen) atoms. The summed E-state index contributed by atoms with van der Waals surface area (Å²) in [6.45, 7) is 1.09. The first-order valence-corrected chi connectivity index (χ1v) is 7.05. The number of thioether (sulfide) groups is 1. The van der Waals surface area contributed by atoms with Gasteiger partial charge in [0.25, 0.3) is 0 Å². The Labute approximate surface area is 105 Å². The molecule has 1 unspecified atom stereocenters. The second-order valence-electron chi connectivity index (χ2n) is 4.36. The molecule has 2 rings (SSSR count). The highest BCUT2D eigenvalue weighted by Crippen LogP contribution is 2.24. The van der Waals surface area contributed by atoms with Crippen LogP contribution in [-0.2, 0) is 0 Å². The van der Waals surface area contributed by atoms with Crippen molar-refractivity contribution in [3.8, 4) is 0 Å². The zero-order valence-electron chi connectivity index (χ0n) is 9.72. The first kappa shape index (κ1) is 12.8. The van der Waals surface area contributed by atoms with Crippen LogP contribution < -0.4 is 5.32 Å². The van der Waals surface area contributed by atoms with Gasteiger partial charge in [-0.15, -0.1) is 11.8 Å². The molecule has 1 aliphatic rings. The van der Waals surface area contributed by atoms with Gasteiger partial charge in [-0.2, -0.15) is 0 Å². The maximum atomic E-state index is 13.3. The van der Waals surface area contributed by atoms with Crippen LogP contribution in [-0.4, -0.2) is 18.3 Å². The minimum absolute atomic E-state index is 0.326. The Bertz CT molecular complexity index is 364. The van der Waals surface area contributed by atoms with Gasteiger partial charge in [-0.05, 0) is 49.8 Å². The van der Waals surface area contributed by atoms with Crippen LogP contribution in [0.25, 0.3) is 0 Å². The van der Waals surface area contributed by atoms with Crippen molar-refractivity contribution in [3.63, 3.8) is 0 Å². The Hall–Kier alpha value is -0.610.